The standard InChI is InChI=1S/C10H14N4OS/c1-16(15)8-2-5-11-9-4-7-14-10(13-9)3-6-12-14/h3-4,6-7H,2,5,8H2,1H3,(H,11,13). The molecule has 0 fully saturated rings. The second-order valence-electron chi connectivity index (χ2n) is 3.50. The van der Waals surface area contributed by atoms with E-state index in [0.29, 0.717) is 0 Å². The molecule has 0 amide bonds. The molecular formula is C10H14N4OS. The van der Waals surface area contributed by atoms with Crippen molar-refractivity contribution in [1.29, 1.82) is 0 Å². The topological polar surface area (TPSA) is 59.3 Å². The zero-order chi connectivity index (χ0) is 11.4. The van der Waals surface area contributed by atoms with Gasteiger partial charge in [-0.05, 0) is 12.5 Å². The predicted octanol–water partition coefficient (Wildman–Crippen LogP) is 0.910. The van der Waals surface area contributed by atoms with Crippen molar-refractivity contribution in [2.75, 3.05) is 23.9 Å². The maximum Gasteiger partial charge on any atom is 0.157 e. The largest absolute Gasteiger partial charge is 0.370 e. The lowest BCUT2D eigenvalue weighted by Crippen LogP contribution is -2.07. The van der Waals surface area contributed by atoms with Crippen LogP contribution in [0, 0.1) is 0 Å². The number of fused-ring (bicyclic) bond motifs is 1. The van der Waals surface area contributed by atoms with Gasteiger partial charge in [0.2, 0.25) is 0 Å². The molecule has 0 aliphatic heterocycles. The molecule has 0 spiro atoms. The van der Waals surface area contributed by atoms with E-state index in [1.54, 1.807) is 17.0 Å². The van der Waals surface area contributed by atoms with Gasteiger partial charge in [-0.15, -0.1) is 0 Å². The quantitative estimate of drug-likeness (QED) is 0.787. The molecule has 0 aliphatic rings. The van der Waals surface area contributed by atoms with Crippen molar-refractivity contribution in [2.24, 2.45) is 0 Å². The third-order valence-corrected chi connectivity index (χ3v) is 3.04. The molecule has 0 bridgehead atoms. The van der Waals surface area contributed by atoms with Gasteiger partial charge in [0.1, 0.15) is 5.82 Å². The van der Waals surface area contributed by atoms with Crippen LogP contribution in [0.3, 0.4) is 0 Å². The number of nitrogens with zero attached hydrogens (tertiary/aromatic N) is 3. The van der Waals surface area contributed by atoms with Gasteiger partial charge in [-0.25, -0.2) is 9.50 Å². The Bertz CT molecular complexity index is 496. The zero-order valence-corrected chi connectivity index (χ0v) is 9.91. The van der Waals surface area contributed by atoms with Gasteiger partial charge in [-0.2, -0.15) is 5.10 Å². The second-order valence-corrected chi connectivity index (χ2v) is 5.06. The first kappa shape index (κ1) is 11.1. The average molecular weight is 238 g/mol. The molecule has 5 nitrogen and oxygen atoms in total. The third kappa shape index (κ3) is 2.79. The van der Waals surface area contributed by atoms with Gasteiger partial charge in [0, 0.05) is 41.6 Å². The summed E-state index contributed by atoms with van der Waals surface area (Å²) in [5.41, 5.74) is 0.823. The summed E-state index contributed by atoms with van der Waals surface area (Å²) in [5.74, 6) is 1.55. The van der Waals surface area contributed by atoms with E-state index in [0.717, 1.165) is 30.2 Å². The molecule has 2 aromatic rings. The van der Waals surface area contributed by atoms with Crippen LogP contribution in [0.5, 0.6) is 0 Å². The molecular weight excluding hydrogens is 224 g/mol. The molecule has 6 heteroatoms. The highest BCUT2D eigenvalue weighted by molar-refractivity contribution is 7.84. The highest BCUT2D eigenvalue weighted by Crippen LogP contribution is 2.05. The van der Waals surface area contributed by atoms with Crippen molar-refractivity contribution in [1.82, 2.24) is 14.6 Å². The highest BCUT2D eigenvalue weighted by Gasteiger charge is 1.98. The van der Waals surface area contributed by atoms with Crippen LogP contribution in [0.1, 0.15) is 6.42 Å². The van der Waals surface area contributed by atoms with Gasteiger partial charge in [0.25, 0.3) is 0 Å². The van der Waals surface area contributed by atoms with Crippen LogP contribution < -0.4 is 5.32 Å². The molecule has 0 radical (unpaired) electrons. The highest BCUT2D eigenvalue weighted by atomic mass is 32.2. The third-order valence-electron chi connectivity index (χ3n) is 2.17. The number of rotatable bonds is 5. The lowest BCUT2D eigenvalue weighted by Gasteiger charge is -2.04. The van der Waals surface area contributed by atoms with Gasteiger partial charge in [0.15, 0.2) is 5.65 Å². The van der Waals surface area contributed by atoms with Gasteiger partial charge >= 0.3 is 0 Å². The molecule has 1 N–H and O–H groups in total. The van der Waals surface area contributed by atoms with E-state index in [4.69, 9.17) is 0 Å². The van der Waals surface area contributed by atoms with Crippen molar-refractivity contribution in [3.05, 3.63) is 24.5 Å². The molecule has 2 rings (SSSR count). The minimum Gasteiger partial charge on any atom is -0.370 e. The van der Waals surface area contributed by atoms with Crippen molar-refractivity contribution in [3.8, 4) is 0 Å². The number of anilines is 1. The smallest absolute Gasteiger partial charge is 0.157 e. The maximum atomic E-state index is 10.9. The van der Waals surface area contributed by atoms with Crippen molar-refractivity contribution in [2.45, 2.75) is 6.42 Å². The summed E-state index contributed by atoms with van der Waals surface area (Å²) in [5, 5.41) is 7.26. The molecule has 1 atom stereocenters. The first-order valence-corrected chi connectivity index (χ1v) is 6.83. The molecule has 16 heavy (non-hydrogen) atoms. The lowest BCUT2D eigenvalue weighted by molar-refractivity contribution is 0.685. The molecule has 2 aromatic heterocycles. The number of aromatic nitrogens is 3. The Kier molecular flexibility index (Phi) is 3.51. The fourth-order valence-electron chi connectivity index (χ4n) is 1.40. The summed E-state index contributed by atoms with van der Waals surface area (Å²) in [4.78, 5) is 4.37. The first-order chi connectivity index (χ1) is 7.75. The van der Waals surface area contributed by atoms with Crippen molar-refractivity contribution >= 4 is 22.3 Å². The number of hydrogen-bond donors (Lipinski definition) is 1. The van der Waals surface area contributed by atoms with Crippen LogP contribution >= 0.6 is 0 Å². The minimum absolute atomic E-state index is 0.714. The Morgan fingerprint density at radius 2 is 2.38 bits per heavy atom. The van der Waals surface area contributed by atoms with E-state index in [1.165, 1.54) is 0 Å². The summed E-state index contributed by atoms with van der Waals surface area (Å²) < 4.78 is 12.6. The molecule has 1 unspecified atom stereocenters. The van der Waals surface area contributed by atoms with E-state index < -0.39 is 10.8 Å². The van der Waals surface area contributed by atoms with Gasteiger partial charge in [0.05, 0.1) is 6.20 Å². The van der Waals surface area contributed by atoms with E-state index >= 15 is 0 Å². The molecule has 0 saturated heterocycles. The van der Waals surface area contributed by atoms with Crippen LogP contribution in [-0.4, -0.2) is 37.4 Å². The Hall–Kier alpha value is -1.43. The molecule has 2 heterocycles. The maximum absolute atomic E-state index is 10.9. The molecule has 0 aliphatic carbocycles. The summed E-state index contributed by atoms with van der Waals surface area (Å²) >= 11 is 0. The second kappa shape index (κ2) is 5.07. The van der Waals surface area contributed by atoms with Gasteiger partial charge in [-0.3, -0.25) is 4.21 Å². The van der Waals surface area contributed by atoms with E-state index in [2.05, 4.69) is 15.4 Å². The fraction of sp³-hybridized carbons (Fsp3) is 0.400. The normalized spacial score (nSPS) is 12.8. The van der Waals surface area contributed by atoms with E-state index in [1.807, 2.05) is 18.3 Å². The Balaban J connectivity index is 1.91. The molecule has 0 saturated carbocycles. The molecule has 86 valence electrons. The van der Waals surface area contributed by atoms with E-state index in [-0.39, 0.29) is 0 Å². The predicted molar refractivity (Wildman–Crippen MR) is 65.0 cm³/mol. The fourth-order valence-corrected chi connectivity index (χ4v) is 1.95. The van der Waals surface area contributed by atoms with Crippen LogP contribution in [0.25, 0.3) is 5.65 Å². The van der Waals surface area contributed by atoms with Crippen LogP contribution in [-0.2, 0) is 10.8 Å². The van der Waals surface area contributed by atoms with Gasteiger partial charge < -0.3 is 5.32 Å². The zero-order valence-electron chi connectivity index (χ0n) is 9.09. The van der Waals surface area contributed by atoms with Crippen molar-refractivity contribution in [3.63, 3.8) is 0 Å². The van der Waals surface area contributed by atoms with Crippen molar-refractivity contribution < 1.29 is 4.21 Å². The Morgan fingerprint density at radius 3 is 3.19 bits per heavy atom. The number of hydrogen-bond acceptors (Lipinski definition) is 4. The van der Waals surface area contributed by atoms with Crippen LogP contribution in [0.4, 0.5) is 5.82 Å². The van der Waals surface area contributed by atoms with Crippen LogP contribution in [0.2, 0.25) is 0 Å². The lowest BCUT2D eigenvalue weighted by atomic mass is 10.4. The van der Waals surface area contributed by atoms with E-state index in [9.17, 15) is 4.21 Å². The monoisotopic (exact) mass is 238 g/mol. The molecule has 0 aromatic carbocycles. The summed E-state index contributed by atoms with van der Waals surface area (Å²) in [7, 11) is -0.714. The SMILES string of the molecule is CS(=O)CCCNc1ccn2nccc2n1. The summed E-state index contributed by atoms with van der Waals surface area (Å²) in [6, 6.07) is 3.73. The minimum atomic E-state index is -0.714. The Morgan fingerprint density at radius 1 is 1.50 bits per heavy atom. The summed E-state index contributed by atoms with van der Waals surface area (Å²) in [6.07, 6.45) is 6.18. The average Bonchev–Trinajstić information content (AvgIpc) is 2.71. The number of nitrogens with one attached hydrogen (secondary N) is 1. The van der Waals surface area contributed by atoms with Gasteiger partial charge in [-0.1, -0.05) is 0 Å². The Labute approximate surface area is 96.3 Å². The summed E-state index contributed by atoms with van der Waals surface area (Å²) in [6.45, 7) is 0.789. The first-order valence-electron chi connectivity index (χ1n) is 5.10. The van der Waals surface area contributed by atoms with Crippen LogP contribution in [0.15, 0.2) is 24.5 Å².